The van der Waals surface area contributed by atoms with Crippen LogP contribution >= 0.6 is 11.3 Å². The summed E-state index contributed by atoms with van der Waals surface area (Å²) in [6.45, 7) is 9.19. The lowest BCUT2D eigenvalue weighted by molar-refractivity contribution is 0.0987. The first-order chi connectivity index (χ1) is 18.6. The van der Waals surface area contributed by atoms with E-state index in [4.69, 9.17) is 0 Å². The van der Waals surface area contributed by atoms with Crippen molar-refractivity contribution in [1.29, 1.82) is 0 Å². The van der Waals surface area contributed by atoms with E-state index in [1.54, 1.807) is 22.7 Å². The summed E-state index contributed by atoms with van der Waals surface area (Å²) in [7, 11) is -3.65. The van der Waals surface area contributed by atoms with Crippen molar-refractivity contribution in [3.63, 3.8) is 0 Å². The largest absolute Gasteiger partial charge is 0.280 e. The summed E-state index contributed by atoms with van der Waals surface area (Å²) < 4.78 is 29.2. The molecule has 2 unspecified atom stereocenters. The maximum absolute atomic E-state index is 13.7. The van der Waals surface area contributed by atoms with Gasteiger partial charge in [-0.3, -0.25) is 4.79 Å². The molecule has 1 aromatic heterocycles. The van der Waals surface area contributed by atoms with Gasteiger partial charge in [0.25, 0.3) is 5.91 Å². The molecule has 7 nitrogen and oxygen atoms in total. The van der Waals surface area contributed by atoms with Gasteiger partial charge in [-0.05, 0) is 79.6 Å². The molecule has 1 fully saturated rings. The number of carbonyl (C=O) groups excluding carboxylic acids is 1. The van der Waals surface area contributed by atoms with Crippen LogP contribution in [-0.2, 0) is 10.0 Å². The Morgan fingerprint density at radius 3 is 2.28 bits per heavy atom. The zero-order valence-corrected chi connectivity index (χ0v) is 24.2. The first-order valence-electron chi connectivity index (χ1n) is 13.0. The lowest BCUT2D eigenvalue weighted by Gasteiger charge is -2.34. The van der Waals surface area contributed by atoms with Crippen molar-refractivity contribution in [2.24, 2.45) is 16.9 Å². The molecule has 39 heavy (non-hydrogen) atoms. The van der Waals surface area contributed by atoms with E-state index in [1.165, 1.54) is 28.5 Å². The van der Waals surface area contributed by atoms with Crippen LogP contribution in [0.4, 0.5) is 5.13 Å². The van der Waals surface area contributed by atoms with Gasteiger partial charge in [0.2, 0.25) is 15.2 Å². The molecule has 1 amide bonds. The Kier molecular flexibility index (Phi) is 7.66. The van der Waals surface area contributed by atoms with E-state index in [0.29, 0.717) is 35.6 Å². The number of thiazole rings is 1. The average molecular weight is 561 g/mol. The molecule has 202 valence electrons. The summed E-state index contributed by atoms with van der Waals surface area (Å²) in [6, 6.07) is 19.9. The molecule has 0 aliphatic carbocycles. The van der Waals surface area contributed by atoms with Crippen molar-refractivity contribution in [3.05, 3.63) is 89.0 Å². The number of aromatic nitrogens is 1. The number of hydrogen-bond donors (Lipinski definition) is 0. The van der Waals surface area contributed by atoms with Gasteiger partial charge in [-0.25, -0.2) is 13.4 Å². The van der Waals surface area contributed by atoms with Crippen molar-refractivity contribution in [3.8, 4) is 0 Å². The Hall–Kier alpha value is -3.40. The van der Waals surface area contributed by atoms with Crippen molar-refractivity contribution in [2.45, 2.75) is 39.0 Å². The molecule has 0 N–H and O–H groups in total. The molecule has 9 heteroatoms. The Bertz CT molecular complexity index is 1620. The van der Waals surface area contributed by atoms with E-state index in [9.17, 15) is 13.2 Å². The number of benzene rings is 3. The second-order valence-electron chi connectivity index (χ2n) is 10.5. The number of fused-ring (bicyclic) bond motifs is 1. The molecule has 0 radical (unpaired) electrons. The molecular weight excluding hydrogens is 528 g/mol. The number of nitrogens with zero attached hydrogens (tertiary/aromatic N) is 4. The van der Waals surface area contributed by atoms with E-state index in [2.05, 4.69) is 23.9 Å². The monoisotopic (exact) mass is 560 g/mol. The average Bonchev–Trinajstić information content (AvgIpc) is 3.32. The predicted molar refractivity (Wildman–Crippen MR) is 158 cm³/mol. The highest BCUT2D eigenvalue weighted by molar-refractivity contribution is 7.89. The van der Waals surface area contributed by atoms with Crippen LogP contribution < -0.4 is 5.01 Å². The topological polar surface area (TPSA) is 82.9 Å². The van der Waals surface area contributed by atoms with Crippen LogP contribution in [0.25, 0.3) is 10.2 Å². The number of piperidine rings is 1. The van der Waals surface area contributed by atoms with Crippen molar-refractivity contribution >= 4 is 48.8 Å². The molecule has 2 heterocycles. The highest BCUT2D eigenvalue weighted by atomic mass is 32.2. The number of hydrazone groups is 1. The number of aryl methyl sites for hydroxylation is 2. The second kappa shape index (κ2) is 11.0. The summed E-state index contributed by atoms with van der Waals surface area (Å²) >= 11 is 1.38. The number of amides is 1. The van der Waals surface area contributed by atoms with Crippen molar-refractivity contribution < 1.29 is 13.2 Å². The van der Waals surface area contributed by atoms with Crippen LogP contribution in [0.15, 0.2) is 76.7 Å². The van der Waals surface area contributed by atoms with Crippen LogP contribution in [0, 0.1) is 25.7 Å². The van der Waals surface area contributed by atoms with Gasteiger partial charge < -0.3 is 0 Å². The van der Waals surface area contributed by atoms with Gasteiger partial charge in [-0.15, -0.1) is 0 Å². The predicted octanol–water partition coefficient (Wildman–Crippen LogP) is 6.26. The lowest BCUT2D eigenvalue weighted by Crippen LogP contribution is -2.42. The zero-order chi connectivity index (χ0) is 27.7. The minimum Gasteiger partial charge on any atom is -0.267 e. The van der Waals surface area contributed by atoms with E-state index >= 15 is 0 Å². The summed E-state index contributed by atoms with van der Waals surface area (Å²) in [5.74, 6) is 0.224. The van der Waals surface area contributed by atoms with Gasteiger partial charge in [0.15, 0.2) is 0 Å². The van der Waals surface area contributed by atoms with Crippen LogP contribution in [0.2, 0.25) is 0 Å². The summed E-state index contributed by atoms with van der Waals surface area (Å²) in [4.78, 5) is 18.6. The van der Waals surface area contributed by atoms with Gasteiger partial charge in [-0.2, -0.15) is 14.4 Å². The van der Waals surface area contributed by atoms with E-state index < -0.39 is 15.9 Å². The van der Waals surface area contributed by atoms with Crippen molar-refractivity contribution in [2.75, 3.05) is 18.1 Å². The van der Waals surface area contributed by atoms with Gasteiger partial charge in [0, 0.05) is 18.7 Å². The Balaban J connectivity index is 1.46. The fraction of sp³-hybridized carbons (Fsp3) is 0.300. The van der Waals surface area contributed by atoms with E-state index in [1.807, 2.05) is 56.3 Å². The molecule has 1 aliphatic rings. The maximum atomic E-state index is 13.7. The molecule has 3 aromatic carbocycles. The fourth-order valence-electron chi connectivity index (χ4n) is 4.92. The third kappa shape index (κ3) is 5.95. The highest BCUT2D eigenvalue weighted by Crippen LogP contribution is 2.31. The van der Waals surface area contributed by atoms with Crippen LogP contribution in [0.5, 0.6) is 0 Å². The highest BCUT2D eigenvalue weighted by Gasteiger charge is 2.32. The standard InChI is InChI=1S/C30H32N4O3S2/c1-20-5-8-24(9-6-20)17-31-34(30-32-27-14-7-21(2)16-28(27)38-30)29(35)25-10-12-26(13-11-25)39(36,37)33-18-22(3)15-23(4)19-33/h5-14,16-17,22-23H,15,18-19H2,1-4H3/b31-17+. The van der Waals surface area contributed by atoms with Crippen LogP contribution in [0.3, 0.4) is 0 Å². The fourth-order valence-corrected chi connectivity index (χ4v) is 7.62. The normalized spacial score (nSPS) is 18.6. The Morgan fingerprint density at radius 1 is 0.974 bits per heavy atom. The SMILES string of the molecule is Cc1ccc(/C=N/N(C(=O)c2ccc(S(=O)(=O)N3CC(C)CC(C)C3)cc2)c2nc3ccc(C)cc3s2)cc1. The summed E-state index contributed by atoms with van der Waals surface area (Å²) in [5.41, 5.74) is 4.20. The molecule has 1 saturated heterocycles. The Labute approximate surface area is 233 Å². The number of anilines is 1. The first-order valence-corrected chi connectivity index (χ1v) is 15.3. The van der Waals surface area contributed by atoms with Crippen molar-refractivity contribution in [1.82, 2.24) is 9.29 Å². The Morgan fingerprint density at radius 2 is 1.62 bits per heavy atom. The summed E-state index contributed by atoms with van der Waals surface area (Å²) in [6.07, 6.45) is 2.65. The number of carbonyl (C=O) groups is 1. The molecule has 4 aromatic rings. The zero-order valence-electron chi connectivity index (χ0n) is 22.5. The summed E-state index contributed by atoms with van der Waals surface area (Å²) in [5, 5.41) is 6.26. The number of hydrogen-bond acceptors (Lipinski definition) is 6. The second-order valence-corrected chi connectivity index (χ2v) is 13.5. The van der Waals surface area contributed by atoms with Gasteiger partial charge in [0.1, 0.15) is 0 Å². The van der Waals surface area contributed by atoms with Gasteiger partial charge in [-0.1, -0.05) is 61.1 Å². The molecule has 1 aliphatic heterocycles. The number of sulfonamides is 1. The minimum absolute atomic E-state index is 0.186. The molecule has 0 bridgehead atoms. The molecule has 5 rings (SSSR count). The van der Waals surface area contributed by atoms with Gasteiger partial charge >= 0.3 is 0 Å². The third-order valence-corrected chi connectivity index (χ3v) is 9.72. The first kappa shape index (κ1) is 27.2. The smallest absolute Gasteiger partial charge is 0.267 e. The minimum atomic E-state index is -3.65. The molecule has 0 spiro atoms. The maximum Gasteiger partial charge on any atom is 0.280 e. The quantitative estimate of drug-likeness (QED) is 0.206. The van der Waals surface area contributed by atoms with E-state index in [-0.39, 0.29) is 4.90 Å². The molecular formula is C30H32N4O3S2. The third-order valence-electron chi connectivity index (χ3n) is 6.88. The van der Waals surface area contributed by atoms with Crippen LogP contribution in [-0.4, -0.2) is 42.9 Å². The van der Waals surface area contributed by atoms with E-state index in [0.717, 1.165) is 33.3 Å². The van der Waals surface area contributed by atoms with Gasteiger partial charge in [0.05, 0.1) is 21.3 Å². The molecule has 0 saturated carbocycles. The molecule has 2 atom stereocenters. The lowest BCUT2D eigenvalue weighted by atomic mass is 9.94. The van der Waals surface area contributed by atoms with Crippen LogP contribution in [0.1, 0.15) is 47.3 Å². The number of rotatable bonds is 6.